The summed E-state index contributed by atoms with van der Waals surface area (Å²) < 4.78 is 0. The highest BCUT2D eigenvalue weighted by Gasteiger charge is 2.16. The zero-order valence-corrected chi connectivity index (χ0v) is 5.83. The van der Waals surface area contributed by atoms with Crippen LogP contribution < -0.4 is 0 Å². The summed E-state index contributed by atoms with van der Waals surface area (Å²) in [5.74, 6) is -3.41. The first kappa shape index (κ1) is 8.81. The minimum atomic E-state index is -1.32. The van der Waals surface area contributed by atoms with Crippen LogP contribution >= 0.6 is 0 Å². The molecule has 0 aromatic rings. The van der Waals surface area contributed by atoms with Crippen molar-refractivity contribution in [2.75, 3.05) is 0 Å². The van der Waals surface area contributed by atoms with Crippen molar-refractivity contribution in [3.8, 4) is 0 Å². The van der Waals surface area contributed by atoms with Crippen LogP contribution in [0.2, 0.25) is 0 Å². The van der Waals surface area contributed by atoms with E-state index in [9.17, 15) is 4.79 Å². The van der Waals surface area contributed by atoms with Crippen molar-refractivity contribution in [2.24, 2.45) is 5.92 Å². The fraction of sp³-hybridized carbons (Fsp3) is 0.500. The van der Waals surface area contributed by atoms with Gasteiger partial charge in [-0.05, 0) is 0 Å². The summed E-state index contributed by atoms with van der Waals surface area (Å²) >= 11 is 0. The summed E-state index contributed by atoms with van der Waals surface area (Å²) in [5, 5.41) is 25.0. The van der Waals surface area contributed by atoms with Crippen LogP contribution in [0.15, 0.2) is 11.7 Å². The van der Waals surface area contributed by atoms with Crippen molar-refractivity contribution in [1.29, 1.82) is 0 Å². The predicted molar refractivity (Wildman–Crippen MR) is 34.8 cm³/mol. The molecule has 0 saturated heterocycles. The Labute approximate surface area is 58.4 Å². The molecule has 0 spiro atoms. The van der Waals surface area contributed by atoms with Crippen molar-refractivity contribution in [2.45, 2.75) is 13.8 Å². The number of Topliss-reactive ketones (excluding diaryl/α,β-unsaturated/α-hetero) is 1. The van der Waals surface area contributed by atoms with Gasteiger partial charge in [0.15, 0.2) is 0 Å². The Balaban J connectivity index is 4.38. The van der Waals surface area contributed by atoms with E-state index < -0.39 is 23.4 Å². The van der Waals surface area contributed by atoms with Gasteiger partial charge in [-0.1, -0.05) is 13.8 Å². The average molecular weight is 146 g/mol. The summed E-state index contributed by atoms with van der Waals surface area (Å²) in [4.78, 5) is 10.7. The first-order chi connectivity index (χ1) is 4.46. The molecule has 0 aromatic heterocycles. The quantitative estimate of drug-likeness (QED) is 0.402. The van der Waals surface area contributed by atoms with Crippen molar-refractivity contribution in [3.63, 3.8) is 0 Å². The van der Waals surface area contributed by atoms with Crippen molar-refractivity contribution < 1.29 is 20.1 Å². The number of aliphatic hydroxyl groups excluding tert-OH is 2. The van der Waals surface area contributed by atoms with Crippen LogP contribution in [-0.4, -0.2) is 21.1 Å². The second-order valence-electron chi connectivity index (χ2n) is 2.19. The summed E-state index contributed by atoms with van der Waals surface area (Å²) in [7, 11) is 0. The largest absolute Gasteiger partial charge is 0.499 e. The topological polar surface area (TPSA) is 77.8 Å². The SMILES string of the molecule is CC(C)C(=O)C(O)=C(O)O. The molecule has 0 unspecified atom stereocenters. The molecule has 0 bridgehead atoms. The Bertz CT molecular complexity index is 165. The molecule has 0 saturated carbocycles. The number of ketones is 1. The molecule has 0 amide bonds. The Hall–Kier alpha value is -1.19. The van der Waals surface area contributed by atoms with E-state index in [0.29, 0.717) is 0 Å². The number of hydrogen-bond acceptors (Lipinski definition) is 4. The Kier molecular flexibility index (Phi) is 2.73. The summed E-state index contributed by atoms with van der Waals surface area (Å²) in [6.45, 7) is 3.09. The highest BCUT2D eigenvalue weighted by atomic mass is 16.5. The summed E-state index contributed by atoms with van der Waals surface area (Å²) in [6, 6.07) is 0. The van der Waals surface area contributed by atoms with Gasteiger partial charge in [0.05, 0.1) is 0 Å². The summed E-state index contributed by atoms with van der Waals surface area (Å²) in [6.07, 6.45) is 0. The van der Waals surface area contributed by atoms with Crippen molar-refractivity contribution in [1.82, 2.24) is 0 Å². The van der Waals surface area contributed by atoms with Gasteiger partial charge in [0.1, 0.15) is 0 Å². The van der Waals surface area contributed by atoms with E-state index in [4.69, 9.17) is 15.3 Å². The fourth-order valence-electron chi connectivity index (χ4n) is 0.384. The van der Waals surface area contributed by atoms with Crippen LogP contribution in [-0.2, 0) is 4.79 Å². The highest BCUT2D eigenvalue weighted by Crippen LogP contribution is 2.04. The normalized spacial score (nSPS) is 9.50. The number of aliphatic hydroxyl groups is 3. The molecule has 0 aliphatic carbocycles. The zero-order chi connectivity index (χ0) is 8.31. The third kappa shape index (κ3) is 1.97. The second kappa shape index (κ2) is 3.10. The Morgan fingerprint density at radius 3 is 1.70 bits per heavy atom. The van der Waals surface area contributed by atoms with E-state index in [2.05, 4.69) is 0 Å². The molecule has 0 aliphatic heterocycles. The fourth-order valence-corrected chi connectivity index (χ4v) is 0.384. The molecule has 0 rings (SSSR count). The molecule has 0 heterocycles. The highest BCUT2D eigenvalue weighted by molar-refractivity contribution is 5.94. The van der Waals surface area contributed by atoms with Gasteiger partial charge < -0.3 is 15.3 Å². The van der Waals surface area contributed by atoms with Crippen molar-refractivity contribution in [3.05, 3.63) is 11.7 Å². The van der Waals surface area contributed by atoms with Gasteiger partial charge in [-0.15, -0.1) is 0 Å². The minimum absolute atomic E-state index is 0.436. The maximum atomic E-state index is 10.7. The molecule has 0 aliphatic rings. The third-order valence-corrected chi connectivity index (χ3v) is 0.970. The van der Waals surface area contributed by atoms with Gasteiger partial charge in [-0.3, -0.25) is 4.79 Å². The Morgan fingerprint density at radius 2 is 1.60 bits per heavy atom. The van der Waals surface area contributed by atoms with Crippen LogP contribution in [0.25, 0.3) is 0 Å². The van der Waals surface area contributed by atoms with Crippen LogP contribution in [0.3, 0.4) is 0 Å². The number of carbonyl (C=O) groups is 1. The van der Waals surface area contributed by atoms with Crippen LogP contribution in [0.4, 0.5) is 0 Å². The monoisotopic (exact) mass is 146 g/mol. The zero-order valence-electron chi connectivity index (χ0n) is 5.83. The number of allylic oxidation sites excluding steroid dienone is 1. The summed E-state index contributed by atoms with van der Waals surface area (Å²) in [5.41, 5.74) is 0. The maximum absolute atomic E-state index is 10.7. The lowest BCUT2D eigenvalue weighted by atomic mass is 10.1. The first-order valence-corrected chi connectivity index (χ1v) is 2.82. The molecule has 4 heteroatoms. The number of carbonyl (C=O) groups excluding carboxylic acids is 1. The van der Waals surface area contributed by atoms with E-state index in [1.54, 1.807) is 13.8 Å². The second-order valence-corrected chi connectivity index (χ2v) is 2.19. The number of rotatable bonds is 2. The van der Waals surface area contributed by atoms with Gasteiger partial charge in [-0.25, -0.2) is 0 Å². The van der Waals surface area contributed by atoms with E-state index in [1.165, 1.54) is 0 Å². The molecular weight excluding hydrogens is 136 g/mol. The number of hydrogen-bond donors (Lipinski definition) is 3. The molecule has 3 N–H and O–H groups in total. The molecule has 0 aromatic carbocycles. The standard InChI is InChI=1S/C6H10O4/c1-3(2)4(7)5(8)6(9)10/h3,8-10H,1-2H3. The molecule has 4 nitrogen and oxygen atoms in total. The Morgan fingerprint density at radius 1 is 1.20 bits per heavy atom. The smallest absolute Gasteiger partial charge is 0.322 e. The van der Waals surface area contributed by atoms with Crippen LogP contribution in [0.5, 0.6) is 0 Å². The molecule has 10 heavy (non-hydrogen) atoms. The van der Waals surface area contributed by atoms with Gasteiger partial charge in [-0.2, -0.15) is 0 Å². The van der Waals surface area contributed by atoms with E-state index >= 15 is 0 Å². The van der Waals surface area contributed by atoms with Gasteiger partial charge in [0.25, 0.3) is 0 Å². The minimum Gasteiger partial charge on any atom is -0.499 e. The van der Waals surface area contributed by atoms with Gasteiger partial charge in [0, 0.05) is 5.92 Å². The molecule has 0 radical (unpaired) electrons. The third-order valence-electron chi connectivity index (χ3n) is 0.970. The lowest BCUT2D eigenvalue weighted by Gasteiger charge is -2.00. The van der Waals surface area contributed by atoms with Gasteiger partial charge in [0.2, 0.25) is 11.5 Å². The first-order valence-electron chi connectivity index (χ1n) is 2.82. The van der Waals surface area contributed by atoms with Crippen molar-refractivity contribution >= 4 is 5.78 Å². The van der Waals surface area contributed by atoms with E-state index in [-0.39, 0.29) is 0 Å². The predicted octanol–water partition coefficient (Wildman–Crippen LogP) is 1.05. The van der Waals surface area contributed by atoms with Crippen LogP contribution in [0.1, 0.15) is 13.8 Å². The lowest BCUT2D eigenvalue weighted by Crippen LogP contribution is -2.11. The van der Waals surface area contributed by atoms with Gasteiger partial charge >= 0.3 is 5.95 Å². The average Bonchev–Trinajstić information content (AvgIpc) is 1.84. The van der Waals surface area contributed by atoms with Crippen LogP contribution in [0, 0.1) is 5.92 Å². The molecule has 0 fully saturated rings. The molecule has 58 valence electrons. The molecule has 0 atom stereocenters. The lowest BCUT2D eigenvalue weighted by molar-refractivity contribution is -0.121. The van der Waals surface area contributed by atoms with E-state index in [0.717, 1.165) is 0 Å². The molecular formula is C6H10O4. The maximum Gasteiger partial charge on any atom is 0.322 e. The van der Waals surface area contributed by atoms with E-state index in [1.807, 2.05) is 0 Å².